The molecule has 4 nitrogen and oxygen atoms in total. The number of hydrogen-bond acceptors (Lipinski definition) is 3. The van der Waals surface area contributed by atoms with Crippen LogP contribution in [0.2, 0.25) is 0 Å². The predicted octanol–water partition coefficient (Wildman–Crippen LogP) is 6.30. The summed E-state index contributed by atoms with van der Waals surface area (Å²) < 4.78 is 0. The van der Waals surface area contributed by atoms with E-state index in [0.717, 1.165) is 69.8 Å². The maximum absolute atomic E-state index is 12.3. The lowest BCUT2D eigenvalue weighted by Crippen LogP contribution is -2.26. The van der Waals surface area contributed by atoms with Gasteiger partial charge in [-0.1, -0.05) is 87.9 Å². The molecule has 32 heavy (non-hydrogen) atoms. The highest BCUT2D eigenvalue weighted by atomic mass is 16.3. The van der Waals surface area contributed by atoms with Crippen LogP contribution in [0.1, 0.15) is 103 Å². The van der Waals surface area contributed by atoms with Crippen LogP contribution in [0.5, 0.6) is 0 Å². The Morgan fingerprint density at radius 1 is 1.12 bits per heavy atom. The molecule has 1 amide bonds. The molecule has 2 N–H and O–H groups in total. The van der Waals surface area contributed by atoms with Gasteiger partial charge in [0, 0.05) is 18.8 Å². The van der Waals surface area contributed by atoms with E-state index in [1.54, 1.807) is 0 Å². The van der Waals surface area contributed by atoms with Gasteiger partial charge in [0.05, 0.1) is 12.1 Å². The van der Waals surface area contributed by atoms with Crippen LogP contribution in [0.3, 0.4) is 0 Å². The van der Waals surface area contributed by atoms with E-state index in [2.05, 4.69) is 18.3 Å². The molecular formula is C28H43NO3. The van der Waals surface area contributed by atoms with Crippen LogP contribution >= 0.6 is 0 Å². The van der Waals surface area contributed by atoms with Gasteiger partial charge < -0.3 is 10.4 Å². The number of hydrogen-bond donors (Lipinski definition) is 2. The number of carbonyl (C=O) groups excluding carboxylic acids is 2. The van der Waals surface area contributed by atoms with Gasteiger partial charge in [-0.15, -0.1) is 0 Å². The van der Waals surface area contributed by atoms with Gasteiger partial charge in [0.25, 0.3) is 0 Å². The minimum Gasteiger partial charge on any atom is -0.389 e. The lowest BCUT2D eigenvalue weighted by atomic mass is 9.89. The predicted molar refractivity (Wildman–Crippen MR) is 131 cm³/mol. The minimum absolute atomic E-state index is 0.0345. The fourth-order valence-electron chi connectivity index (χ4n) is 4.65. The summed E-state index contributed by atoms with van der Waals surface area (Å²) in [6.07, 6.45) is 14.9. The number of Topliss-reactive ketones (excluding diaryl/α,β-unsaturated/α-hetero) is 1. The Balaban J connectivity index is 1.60. The molecule has 1 aliphatic rings. The van der Waals surface area contributed by atoms with E-state index >= 15 is 0 Å². The van der Waals surface area contributed by atoms with Gasteiger partial charge in [-0.05, 0) is 44.1 Å². The zero-order valence-corrected chi connectivity index (χ0v) is 20.1. The Hall–Kier alpha value is -1.94. The number of aliphatic hydroxyl groups is 1. The zero-order chi connectivity index (χ0) is 23.2. The normalized spacial score (nSPS) is 20.5. The number of ketones is 1. The Kier molecular flexibility index (Phi) is 12.3. The molecule has 1 aliphatic carbocycles. The van der Waals surface area contributed by atoms with E-state index in [1.807, 2.05) is 43.3 Å². The molecule has 1 saturated carbocycles. The van der Waals surface area contributed by atoms with Gasteiger partial charge in [-0.2, -0.15) is 0 Å². The van der Waals surface area contributed by atoms with Crippen molar-refractivity contribution in [2.24, 2.45) is 11.8 Å². The molecular weight excluding hydrogens is 398 g/mol. The quantitative estimate of drug-likeness (QED) is 0.248. The van der Waals surface area contributed by atoms with Crippen LogP contribution in [-0.4, -0.2) is 22.9 Å². The first-order chi connectivity index (χ1) is 15.5. The number of allylic oxidation sites excluding steroid dienone is 1. The molecule has 0 aliphatic heterocycles. The Morgan fingerprint density at radius 2 is 1.88 bits per heavy atom. The fourth-order valence-corrected chi connectivity index (χ4v) is 4.65. The van der Waals surface area contributed by atoms with Gasteiger partial charge >= 0.3 is 0 Å². The first kappa shape index (κ1) is 26.3. The van der Waals surface area contributed by atoms with Gasteiger partial charge in [-0.3, -0.25) is 9.59 Å². The topological polar surface area (TPSA) is 66.4 Å². The largest absolute Gasteiger partial charge is 0.389 e. The molecule has 2 rings (SSSR count). The van der Waals surface area contributed by atoms with Crippen LogP contribution < -0.4 is 5.32 Å². The maximum atomic E-state index is 12.3. The van der Waals surface area contributed by atoms with Gasteiger partial charge in [0.15, 0.2) is 0 Å². The standard InChI is InChI=1S/C28H43NO3/c1-3-4-8-15-25(30)20-18-24-19-21-27(31)26(24)16-11-5-6-12-17-28(32)29-22(2)23-13-9-7-10-14-23/h7,9-10,13-14,18,20,22,24-26,30H,3-6,8,11-12,15-17,19,21H2,1-2H3,(H,29,32)/t22-,24+,25-,26+/m0/s1. The summed E-state index contributed by atoms with van der Waals surface area (Å²) >= 11 is 0. The Labute approximate surface area is 194 Å². The third kappa shape index (κ3) is 9.68. The number of benzene rings is 1. The molecule has 0 unspecified atom stereocenters. The van der Waals surface area contributed by atoms with Crippen molar-refractivity contribution in [2.45, 2.75) is 103 Å². The second-order valence-electron chi connectivity index (χ2n) is 9.38. The molecule has 178 valence electrons. The van der Waals surface area contributed by atoms with E-state index in [9.17, 15) is 14.7 Å². The summed E-state index contributed by atoms with van der Waals surface area (Å²) in [6, 6.07) is 10.1. The van der Waals surface area contributed by atoms with E-state index in [4.69, 9.17) is 0 Å². The summed E-state index contributed by atoms with van der Waals surface area (Å²) in [5.74, 6) is 0.891. The van der Waals surface area contributed by atoms with Crippen molar-refractivity contribution in [3.8, 4) is 0 Å². The van der Waals surface area contributed by atoms with Gasteiger partial charge in [0.2, 0.25) is 5.91 Å². The van der Waals surface area contributed by atoms with Crippen LogP contribution in [0, 0.1) is 11.8 Å². The second kappa shape index (κ2) is 15.0. The molecule has 1 aromatic rings. The zero-order valence-electron chi connectivity index (χ0n) is 20.1. The second-order valence-corrected chi connectivity index (χ2v) is 9.38. The molecule has 1 fully saturated rings. The summed E-state index contributed by atoms with van der Waals surface area (Å²) in [7, 11) is 0. The number of nitrogens with one attached hydrogen (secondary N) is 1. The van der Waals surface area contributed by atoms with Crippen LogP contribution in [0.25, 0.3) is 0 Å². The highest BCUT2D eigenvalue weighted by Crippen LogP contribution is 2.34. The molecule has 0 radical (unpaired) electrons. The molecule has 0 spiro atoms. The Morgan fingerprint density at radius 3 is 2.62 bits per heavy atom. The summed E-state index contributed by atoms with van der Waals surface area (Å²) in [6.45, 7) is 4.18. The summed E-state index contributed by atoms with van der Waals surface area (Å²) in [4.78, 5) is 24.5. The van der Waals surface area contributed by atoms with Crippen molar-refractivity contribution in [2.75, 3.05) is 0 Å². The van der Waals surface area contributed by atoms with E-state index in [1.165, 1.54) is 0 Å². The highest BCUT2D eigenvalue weighted by Gasteiger charge is 2.32. The average molecular weight is 442 g/mol. The molecule has 0 bridgehead atoms. The smallest absolute Gasteiger partial charge is 0.220 e. The van der Waals surface area contributed by atoms with E-state index in [-0.39, 0.29) is 29.9 Å². The fraction of sp³-hybridized carbons (Fsp3) is 0.643. The maximum Gasteiger partial charge on any atom is 0.220 e. The number of amides is 1. The Bertz CT molecular complexity index is 700. The highest BCUT2D eigenvalue weighted by molar-refractivity contribution is 5.83. The van der Waals surface area contributed by atoms with Crippen LogP contribution in [0.15, 0.2) is 42.5 Å². The van der Waals surface area contributed by atoms with E-state index < -0.39 is 0 Å². The van der Waals surface area contributed by atoms with Crippen molar-refractivity contribution in [3.63, 3.8) is 0 Å². The molecule has 4 heteroatoms. The van der Waals surface area contributed by atoms with Crippen LogP contribution in [-0.2, 0) is 9.59 Å². The molecule has 0 aromatic heterocycles. The lowest BCUT2D eigenvalue weighted by molar-refractivity contribution is -0.122. The summed E-state index contributed by atoms with van der Waals surface area (Å²) in [5, 5.41) is 13.2. The van der Waals surface area contributed by atoms with Crippen molar-refractivity contribution >= 4 is 11.7 Å². The molecule has 4 atom stereocenters. The monoisotopic (exact) mass is 441 g/mol. The SMILES string of the molecule is CCCCC[C@H](O)C=C[C@@H]1CCC(=O)[C@@H]1CCCCCCC(=O)N[C@@H](C)c1ccccc1. The van der Waals surface area contributed by atoms with Crippen molar-refractivity contribution in [1.29, 1.82) is 0 Å². The van der Waals surface area contributed by atoms with Crippen LogP contribution in [0.4, 0.5) is 0 Å². The first-order valence-corrected chi connectivity index (χ1v) is 12.7. The summed E-state index contributed by atoms with van der Waals surface area (Å²) in [5.41, 5.74) is 1.12. The van der Waals surface area contributed by atoms with Gasteiger partial charge in [0.1, 0.15) is 5.78 Å². The van der Waals surface area contributed by atoms with Crippen molar-refractivity contribution in [3.05, 3.63) is 48.0 Å². The molecule has 1 aromatic carbocycles. The minimum atomic E-state index is -0.381. The average Bonchev–Trinajstić information content (AvgIpc) is 3.14. The third-order valence-electron chi connectivity index (χ3n) is 6.68. The lowest BCUT2D eigenvalue weighted by Gasteiger charge is -2.16. The van der Waals surface area contributed by atoms with Gasteiger partial charge in [-0.25, -0.2) is 0 Å². The number of rotatable bonds is 15. The van der Waals surface area contributed by atoms with Crippen molar-refractivity contribution in [1.82, 2.24) is 5.32 Å². The molecule has 0 saturated heterocycles. The number of unbranched alkanes of at least 4 members (excludes halogenated alkanes) is 5. The molecule has 0 heterocycles. The first-order valence-electron chi connectivity index (χ1n) is 12.7. The number of aliphatic hydroxyl groups excluding tert-OH is 1. The third-order valence-corrected chi connectivity index (χ3v) is 6.68. The number of carbonyl (C=O) groups is 2. The van der Waals surface area contributed by atoms with E-state index in [0.29, 0.717) is 18.6 Å². The van der Waals surface area contributed by atoms with Crippen molar-refractivity contribution < 1.29 is 14.7 Å².